The first-order valence-corrected chi connectivity index (χ1v) is 37.2. The molecular formula is C83H85O13S3+3. The molecule has 2 bridgehead atoms. The zero-order chi connectivity index (χ0) is 70.1. The summed E-state index contributed by atoms with van der Waals surface area (Å²) < 4.78 is 39.0. The van der Waals surface area contributed by atoms with E-state index in [9.17, 15) is 28.8 Å². The number of carbonyl (C=O) groups excluding carboxylic acids is 6. The van der Waals surface area contributed by atoms with Gasteiger partial charge in [0.2, 0.25) is 0 Å². The molecule has 0 aromatic heterocycles. The summed E-state index contributed by atoms with van der Waals surface area (Å²) in [6, 6.07) is 85.5. The predicted molar refractivity (Wildman–Crippen MR) is 385 cm³/mol. The third-order valence-corrected chi connectivity index (χ3v) is 24.7. The standard InChI is InChI=1S/C32H33O5S.C26H27O4S.C25H25O4S/c1-4-32(2,3)31(34)37-29-25-19-24-26(30(33)36-28(24)29)27(25)35-20-15-17-23(18-16-20)38(21-11-7-5-8-12-21)22-13-9-6-10-14-22;1-4-26(2,3)25(28)29-19-24(27)30-20-15-17-23(18-16-20)31(21-11-7-5-8-12-21)22-13-9-6-10-14-22;1-3-19(2)25(27)28-18-24(26)29-20-14-16-23(17-15-20)30(21-10-6-4-7-11-21)22-12-8-5-9-13-22/h5-18,24-29H,4,19H2,1-3H3;5-18H,4,19H2,1-3H3;4-17,19H,3,18H2,1-2H3/q3*+1. The normalized spacial score (nSPS) is 17.6. The number of carbonyl (C=O) groups is 6. The van der Waals surface area contributed by atoms with E-state index >= 15 is 0 Å². The number of esters is 6. The fourth-order valence-electron chi connectivity index (χ4n) is 11.6. The summed E-state index contributed by atoms with van der Waals surface area (Å²) in [6.07, 6.45) is 1.59. The molecule has 9 aromatic rings. The van der Waals surface area contributed by atoms with Gasteiger partial charge in [-0.25, -0.2) is 9.59 Å². The lowest BCUT2D eigenvalue weighted by atomic mass is 9.84. The highest BCUT2D eigenvalue weighted by Gasteiger charge is 2.69. The van der Waals surface area contributed by atoms with Crippen LogP contribution in [0.4, 0.5) is 0 Å². The summed E-state index contributed by atoms with van der Waals surface area (Å²) in [6.45, 7) is 14.1. The van der Waals surface area contributed by atoms with Crippen LogP contribution in [-0.4, -0.2) is 67.3 Å². The van der Waals surface area contributed by atoms with Crippen molar-refractivity contribution in [3.05, 3.63) is 255 Å². The van der Waals surface area contributed by atoms with E-state index in [-0.39, 0.29) is 93.1 Å². The van der Waals surface area contributed by atoms with Crippen LogP contribution in [0.3, 0.4) is 0 Å². The molecular weight excluding hydrogens is 1300 g/mol. The van der Waals surface area contributed by atoms with Gasteiger partial charge >= 0.3 is 35.8 Å². The number of fused-ring (bicyclic) bond motifs is 1. The minimum atomic E-state index is -0.618. The minimum Gasteiger partial charge on any atom is -0.489 e. The largest absolute Gasteiger partial charge is 0.489 e. The zero-order valence-electron chi connectivity index (χ0n) is 57.1. The van der Waals surface area contributed by atoms with Crippen LogP contribution in [0.25, 0.3) is 0 Å². The average molecular weight is 1390 g/mol. The van der Waals surface area contributed by atoms with Crippen molar-refractivity contribution in [1.82, 2.24) is 0 Å². The van der Waals surface area contributed by atoms with E-state index in [0.29, 0.717) is 36.5 Å². The van der Waals surface area contributed by atoms with Gasteiger partial charge in [0.15, 0.2) is 57.3 Å². The molecule has 1 heterocycles. The van der Waals surface area contributed by atoms with Crippen molar-refractivity contribution >= 4 is 68.5 Å². The van der Waals surface area contributed by atoms with Gasteiger partial charge in [0.05, 0.1) is 49.4 Å². The molecule has 7 atom stereocenters. The SMILES string of the molecule is CCC(C)(C)C(=O)OC1C2CC3C1OC(=O)C3C2Oc1ccc([S+](c2ccccc2)c2ccccc2)cc1.CCC(C)(C)C(=O)OCC(=O)Oc1ccc([S+](c2ccccc2)c2ccccc2)cc1.CCC(C)C(=O)OCC(=O)Oc1ccc([S+](c2ccccc2)c2ccccc2)cc1. The highest BCUT2D eigenvalue weighted by atomic mass is 32.2. The van der Waals surface area contributed by atoms with Gasteiger partial charge in [-0.05, 0) is 199 Å². The number of rotatable bonds is 24. The number of benzene rings is 9. The van der Waals surface area contributed by atoms with E-state index in [4.69, 9.17) is 33.2 Å². The second kappa shape index (κ2) is 33.9. The topological polar surface area (TPSA) is 167 Å². The van der Waals surface area contributed by atoms with Crippen molar-refractivity contribution in [1.29, 1.82) is 0 Å². The maximum atomic E-state index is 12.9. The first-order valence-electron chi connectivity index (χ1n) is 33.5. The molecule has 0 amide bonds. The molecule has 9 aromatic carbocycles. The monoisotopic (exact) mass is 1390 g/mol. The summed E-state index contributed by atoms with van der Waals surface area (Å²) in [4.78, 5) is 84.2. The molecule has 16 heteroatoms. The zero-order valence-corrected chi connectivity index (χ0v) is 59.5. The van der Waals surface area contributed by atoms with E-state index in [1.54, 1.807) is 45.0 Å². The third kappa shape index (κ3) is 18.3. The van der Waals surface area contributed by atoms with E-state index < -0.39 is 41.4 Å². The molecule has 99 heavy (non-hydrogen) atoms. The van der Waals surface area contributed by atoms with Gasteiger partial charge in [-0.3, -0.25) is 19.2 Å². The molecule has 2 saturated carbocycles. The van der Waals surface area contributed by atoms with Gasteiger partial charge in [0.1, 0.15) is 41.5 Å². The van der Waals surface area contributed by atoms with Gasteiger partial charge in [0.25, 0.3) is 0 Å². The molecule has 0 N–H and O–H groups in total. The maximum absolute atomic E-state index is 12.9. The fourth-order valence-corrected chi connectivity index (χ4v) is 17.8. The number of hydrogen-bond donors (Lipinski definition) is 0. The molecule has 7 unspecified atom stereocenters. The third-order valence-electron chi connectivity index (χ3n) is 18.0. The van der Waals surface area contributed by atoms with Crippen LogP contribution in [0.5, 0.6) is 17.2 Å². The predicted octanol–water partition coefficient (Wildman–Crippen LogP) is 17.0. The van der Waals surface area contributed by atoms with E-state index in [0.717, 1.165) is 16.2 Å². The van der Waals surface area contributed by atoms with Crippen LogP contribution < -0.4 is 14.2 Å². The molecule has 1 aliphatic heterocycles. The first-order chi connectivity index (χ1) is 47.9. The second-order valence-electron chi connectivity index (χ2n) is 25.6. The lowest BCUT2D eigenvalue weighted by Gasteiger charge is -2.33. The molecule has 12 rings (SSSR count). The molecule has 13 nitrogen and oxygen atoms in total. The van der Waals surface area contributed by atoms with Crippen LogP contribution in [0, 0.1) is 34.5 Å². The van der Waals surface area contributed by atoms with Crippen molar-refractivity contribution in [2.75, 3.05) is 13.2 Å². The van der Waals surface area contributed by atoms with Crippen LogP contribution >= 0.6 is 0 Å². The second-order valence-corrected chi connectivity index (χ2v) is 31.7. The molecule has 2 aliphatic carbocycles. The number of ether oxygens (including phenoxy) is 7. The smallest absolute Gasteiger partial charge is 0.349 e. The minimum absolute atomic E-state index is 0.0429. The summed E-state index contributed by atoms with van der Waals surface area (Å²) in [5.74, 6) is -1.45. The van der Waals surface area contributed by atoms with Crippen molar-refractivity contribution in [2.24, 2.45) is 34.5 Å². The fraction of sp³-hybridized carbons (Fsp3) is 0.277. The Balaban J connectivity index is 0.000000162. The van der Waals surface area contributed by atoms with Crippen molar-refractivity contribution < 1.29 is 61.9 Å². The Morgan fingerprint density at radius 1 is 0.424 bits per heavy atom. The molecule has 3 fully saturated rings. The molecule has 3 aliphatic rings. The Bertz CT molecular complexity index is 3990. The maximum Gasteiger partial charge on any atom is 0.349 e. The summed E-state index contributed by atoms with van der Waals surface area (Å²) in [5, 5.41) is 0. The Hall–Kier alpha value is -9.35. The van der Waals surface area contributed by atoms with Crippen LogP contribution in [0.15, 0.2) is 299 Å². The van der Waals surface area contributed by atoms with Crippen LogP contribution in [0.1, 0.15) is 81.1 Å². The highest BCUT2D eigenvalue weighted by Crippen LogP contribution is 2.57. The summed E-state index contributed by atoms with van der Waals surface area (Å²) in [5.41, 5.74) is -1.20. The van der Waals surface area contributed by atoms with Crippen LogP contribution in [-0.2, 0) is 80.4 Å². The van der Waals surface area contributed by atoms with Crippen LogP contribution in [0.2, 0.25) is 0 Å². The summed E-state index contributed by atoms with van der Waals surface area (Å²) >= 11 is 0. The molecule has 0 radical (unpaired) electrons. The lowest BCUT2D eigenvalue weighted by molar-refractivity contribution is -0.172. The van der Waals surface area contributed by atoms with E-state index in [2.05, 4.69) is 109 Å². The van der Waals surface area contributed by atoms with Crippen molar-refractivity contribution in [3.63, 3.8) is 0 Å². The van der Waals surface area contributed by atoms with Crippen molar-refractivity contribution in [2.45, 2.75) is 143 Å². The molecule has 0 spiro atoms. The number of hydrogen-bond acceptors (Lipinski definition) is 13. The van der Waals surface area contributed by atoms with E-state index in [1.165, 1.54) is 34.3 Å². The van der Waals surface area contributed by atoms with Gasteiger partial charge in [0, 0.05) is 11.8 Å². The van der Waals surface area contributed by atoms with E-state index in [1.807, 2.05) is 156 Å². The van der Waals surface area contributed by atoms with Crippen molar-refractivity contribution in [3.8, 4) is 17.2 Å². The highest BCUT2D eigenvalue weighted by molar-refractivity contribution is 7.97. The van der Waals surface area contributed by atoms with Gasteiger partial charge in [-0.1, -0.05) is 137 Å². The van der Waals surface area contributed by atoms with Gasteiger partial charge in [-0.15, -0.1) is 0 Å². The lowest BCUT2D eigenvalue weighted by Crippen LogP contribution is -2.46. The quantitative estimate of drug-likeness (QED) is 0.0243. The van der Waals surface area contributed by atoms with Gasteiger partial charge in [-0.2, -0.15) is 0 Å². The molecule has 510 valence electrons. The first kappa shape index (κ1) is 72.4. The van der Waals surface area contributed by atoms with Gasteiger partial charge < -0.3 is 33.2 Å². The Labute approximate surface area is 590 Å². The Morgan fingerprint density at radius 2 is 0.747 bits per heavy atom. The Morgan fingerprint density at radius 3 is 1.09 bits per heavy atom. The Kier molecular flexibility index (Phi) is 24.8. The summed E-state index contributed by atoms with van der Waals surface area (Å²) in [7, 11) is -0.773. The average Bonchev–Trinajstić information content (AvgIpc) is 1.55. The molecule has 1 saturated heterocycles.